The number of carbonyl (C=O) groups is 2. The summed E-state index contributed by atoms with van der Waals surface area (Å²) in [7, 11) is 1.09. The molecule has 3 aromatic carbocycles. The minimum absolute atomic E-state index is 0.0658. The second kappa shape index (κ2) is 10.8. The molecular weight excluding hydrogens is 498 g/mol. The van der Waals surface area contributed by atoms with E-state index < -0.39 is 11.9 Å². The molecule has 0 radical (unpaired) electrons. The Kier molecular flexibility index (Phi) is 8.10. The van der Waals surface area contributed by atoms with Crippen molar-refractivity contribution in [3.8, 4) is 11.5 Å². The van der Waals surface area contributed by atoms with Crippen molar-refractivity contribution in [3.63, 3.8) is 0 Å². The van der Waals surface area contributed by atoms with Gasteiger partial charge in [0.25, 0.3) is 0 Å². The number of amides is 1. The van der Waals surface area contributed by atoms with Gasteiger partial charge >= 0.3 is 11.9 Å². The first-order chi connectivity index (χ1) is 15.3. The highest BCUT2D eigenvalue weighted by molar-refractivity contribution is 6.40. The first-order valence-electron chi connectivity index (χ1n) is 9.11. The molecule has 0 saturated carbocycles. The number of carbonyl (C=O) groups excluding carboxylic acids is 2. The first kappa shape index (κ1) is 24.0. The SMILES string of the molecule is COC(=O)C(=O)Nc1cc(Cl)c(Oc2c(Cl)cc(NCc3ccccc3)cc2Cl)c(Cl)c1. The summed E-state index contributed by atoms with van der Waals surface area (Å²) in [5.74, 6) is -1.79. The van der Waals surface area contributed by atoms with Gasteiger partial charge in [0.2, 0.25) is 0 Å². The fraction of sp³-hybridized carbons (Fsp3) is 0.0909. The molecular formula is C22H16Cl4N2O4. The smallest absolute Gasteiger partial charge is 0.396 e. The van der Waals surface area contributed by atoms with Crippen LogP contribution in [0.15, 0.2) is 54.6 Å². The van der Waals surface area contributed by atoms with E-state index in [2.05, 4.69) is 15.4 Å². The second-order valence-corrected chi connectivity index (χ2v) is 8.05. The Morgan fingerprint density at radius 3 is 1.81 bits per heavy atom. The van der Waals surface area contributed by atoms with E-state index in [-0.39, 0.29) is 37.3 Å². The Morgan fingerprint density at radius 1 is 0.812 bits per heavy atom. The lowest BCUT2D eigenvalue weighted by molar-refractivity contribution is -0.150. The number of hydrogen-bond donors (Lipinski definition) is 2. The zero-order chi connectivity index (χ0) is 23.3. The van der Waals surface area contributed by atoms with Crippen molar-refractivity contribution in [2.45, 2.75) is 6.54 Å². The van der Waals surface area contributed by atoms with Crippen LogP contribution in [0.2, 0.25) is 20.1 Å². The molecule has 3 rings (SSSR count). The topological polar surface area (TPSA) is 76.7 Å². The first-order valence-corrected chi connectivity index (χ1v) is 10.6. The highest BCUT2D eigenvalue weighted by Gasteiger charge is 2.19. The van der Waals surface area contributed by atoms with Crippen LogP contribution in [0.1, 0.15) is 5.56 Å². The highest BCUT2D eigenvalue weighted by atomic mass is 35.5. The number of esters is 1. The molecule has 0 spiro atoms. The van der Waals surface area contributed by atoms with E-state index in [1.165, 1.54) is 12.1 Å². The summed E-state index contributed by atoms with van der Waals surface area (Å²) < 4.78 is 10.1. The van der Waals surface area contributed by atoms with E-state index in [0.717, 1.165) is 12.7 Å². The van der Waals surface area contributed by atoms with E-state index in [1.807, 2.05) is 30.3 Å². The van der Waals surface area contributed by atoms with Crippen LogP contribution in [-0.2, 0) is 20.9 Å². The van der Waals surface area contributed by atoms with Gasteiger partial charge in [0, 0.05) is 17.9 Å². The summed E-state index contributed by atoms with van der Waals surface area (Å²) in [5, 5.41) is 6.18. The largest absolute Gasteiger partial charge is 0.462 e. The molecule has 0 bridgehead atoms. The van der Waals surface area contributed by atoms with Gasteiger partial charge < -0.3 is 20.1 Å². The van der Waals surface area contributed by atoms with Crippen molar-refractivity contribution in [1.29, 1.82) is 0 Å². The van der Waals surface area contributed by atoms with E-state index >= 15 is 0 Å². The van der Waals surface area contributed by atoms with Gasteiger partial charge in [-0.1, -0.05) is 76.7 Å². The predicted molar refractivity (Wildman–Crippen MR) is 127 cm³/mol. The molecule has 0 atom stereocenters. The van der Waals surface area contributed by atoms with Gasteiger partial charge in [-0.25, -0.2) is 4.79 Å². The van der Waals surface area contributed by atoms with Gasteiger partial charge in [-0.3, -0.25) is 4.79 Å². The summed E-state index contributed by atoms with van der Waals surface area (Å²) in [6.07, 6.45) is 0. The van der Waals surface area contributed by atoms with Crippen LogP contribution in [0.4, 0.5) is 11.4 Å². The molecule has 32 heavy (non-hydrogen) atoms. The minimum atomic E-state index is -1.06. The predicted octanol–water partition coefficient (Wildman–Crippen LogP) is 6.82. The highest BCUT2D eigenvalue weighted by Crippen LogP contribution is 2.44. The Morgan fingerprint density at radius 2 is 1.31 bits per heavy atom. The van der Waals surface area contributed by atoms with Crippen LogP contribution < -0.4 is 15.4 Å². The maximum atomic E-state index is 11.7. The third-order valence-corrected chi connectivity index (χ3v) is 5.29. The molecule has 0 aliphatic carbocycles. The van der Waals surface area contributed by atoms with Crippen LogP contribution in [0.5, 0.6) is 11.5 Å². The molecule has 1 amide bonds. The van der Waals surface area contributed by atoms with Gasteiger partial charge in [0.05, 0.1) is 27.2 Å². The molecule has 0 heterocycles. The Hall–Kier alpha value is -2.64. The fourth-order valence-corrected chi connectivity index (χ4v) is 3.79. The van der Waals surface area contributed by atoms with Crippen molar-refractivity contribution in [1.82, 2.24) is 0 Å². The monoisotopic (exact) mass is 512 g/mol. The maximum Gasteiger partial charge on any atom is 0.396 e. The Bertz CT molecular complexity index is 1110. The van der Waals surface area contributed by atoms with Crippen LogP contribution in [-0.4, -0.2) is 19.0 Å². The summed E-state index contributed by atoms with van der Waals surface area (Å²) in [6.45, 7) is 0.587. The summed E-state index contributed by atoms with van der Waals surface area (Å²) in [5.41, 5.74) is 1.98. The standard InChI is InChI=1S/C22H16Cl4N2O4/c1-31-22(30)21(29)28-14-9-17(25)20(18(26)10-14)32-19-15(23)7-13(8-16(19)24)27-11-12-5-3-2-4-6-12/h2-10,27H,11H2,1H3,(H,28,29). The van der Waals surface area contributed by atoms with Gasteiger partial charge in [-0.15, -0.1) is 0 Å². The second-order valence-electron chi connectivity index (χ2n) is 6.42. The zero-order valence-corrected chi connectivity index (χ0v) is 19.6. The number of benzene rings is 3. The lowest BCUT2D eigenvalue weighted by Crippen LogP contribution is -2.23. The molecule has 0 aliphatic rings. The Balaban J connectivity index is 1.77. The molecule has 0 aliphatic heterocycles. The van der Waals surface area contributed by atoms with Crippen molar-refractivity contribution in [2.24, 2.45) is 0 Å². The van der Waals surface area contributed by atoms with Crippen LogP contribution in [0.3, 0.4) is 0 Å². The third kappa shape index (κ3) is 5.99. The fourth-order valence-electron chi connectivity index (χ4n) is 2.67. The van der Waals surface area contributed by atoms with Gasteiger partial charge in [-0.05, 0) is 29.8 Å². The van der Waals surface area contributed by atoms with Crippen LogP contribution >= 0.6 is 46.4 Å². The van der Waals surface area contributed by atoms with Gasteiger partial charge in [0.15, 0.2) is 11.5 Å². The number of methoxy groups -OCH3 is 1. The molecule has 3 aromatic rings. The normalized spacial score (nSPS) is 10.4. The average molecular weight is 514 g/mol. The summed E-state index contributed by atoms with van der Waals surface area (Å²) >= 11 is 25.3. The molecule has 10 heteroatoms. The Labute approximate surface area is 204 Å². The van der Waals surface area contributed by atoms with Crippen molar-refractivity contribution < 1.29 is 19.1 Å². The number of rotatable bonds is 6. The quantitative estimate of drug-likeness (QED) is 0.279. The number of anilines is 2. The maximum absolute atomic E-state index is 11.7. The summed E-state index contributed by atoms with van der Waals surface area (Å²) in [4.78, 5) is 22.9. The zero-order valence-electron chi connectivity index (χ0n) is 16.5. The van der Waals surface area contributed by atoms with Crippen molar-refractivity contribution in [2.75, 3.05) is 17.7 Å². The summed E-state index contributed by atoms with van der Waals surface area (Å²) in [6, 6.07) is 15.9. The molecule has 0 fully saturated rings. The number of nitrogens with one attached hydrogen (secondary N) is 2. The number of halogens is 4. The lowest BCUT2D eigenvalue weighted by Gasteiger charge is -2.15. The van der Waals surface area contributed by atoms with Gasteiger partial charge in [-0.2, -0.15) is 0 Å². The van der Waals surface area contributed by atoms with E-state index in [9.17, 15) is 9.59 Å². The van der Waals surface area contributed by atoms with Crippen LogP contribution in [0, 0.1) is 0 Å². The van der Waals surface area contributed by atoms with Crippen molar-refractivity contribution >= 4 is 69.7 Å². The molecule has 2 N–H and O–H groups in total. The lowest BCUT2D eigenvalue weighted by atomic mass is 10.2. The molecule has 166 valence electrons. The van der Waals surface area contributed by atoms with Crippen molar-refractivity contribution in [3.05, 3.63) is 80.3 Å². The third-order valence-electron chi connectivity index (χ3n) is 4.17. The van der Waals surface area contributed by atoms with E-state index in [0.29, 0.717) is 12.2 Å². The minimum Gasteiger partial charge on any atom is -0.462 e. The van der Waals surface area contributed by atoms with Gasteiger partial charge in [0.1, 0.15) is 0 Å². The van der Waals surface area contributed by atoms with E-state index in [1.54, 1.807) is 12.1 Å². The molecule has 0 aromatic heterocycles. The molecule has 0 saturated heterocycles. The number of hydrogen-bond acceptors (Lipinski definition) is 5. The molecule has 0 unspecified atom stereocenters. The molecule has 6 nitrogen and oxygen atoms in total. The van der Waals surface area contributed by atoms with Crippen LogP contribution in [0.25, 0.3) is 0 Å². The number of ether oxygens (including phenoxy) is 2. The van der Waals surface area contributed by atoms with E-state index in [4.69, 9.17) is 51.1 Å². The average Bonchev–Trinajstić information content (AvgIpc) is 2.76.